The van der Waals surface area contributed by atoms with Crippen LogP contribution in [0.4, 0.5) is 5.69 Å². The first-order valence-corrected chi connectivity index (χ1v) is 10.0. The summed E-state index contributed by atoms with van der Waals surface area (Å²) in [6, 6.07) is 8.05. The van der Waals surface area contributed by atoms with E-state index >= 15 is 0 Å². The van der Waals surface area contributed by atoms with Crippen molar-refractivity contribution in [3.8, 4) is 0 Å². The molecule has 0 aliphatic heterocycles. The lowest BCUT2D eigenvalue weighted by molar-refractivity contribution is -0.119. The second-order valence-electron chi connectivity index (χ2n) is 5.07. The highest BCUT2D eigenvalue weighted by Gasteiger charge is 2.22. The van der Waals surface area contributed by atoms with Crippen LogP contribution in [-0.2, 0) is 14.8 Å². The number of carbonyl (C=O) groups is 1. The number of carbonyl (C=O) groups excluding carboxylic acids is 1. The Bertz CT molecular complexity index is 892. The van der Waals surface area contributed by atoms with Crippen molar-refractivity contribution in [2.75, 3.05) is 17.1 Å². The predicted octanol–water partition coefficient (Wildman–Crippen LogP) is 2.92. The lowest BCUT2D eigenvalue weighted by atomic mass is 10.3. The molecule has 0 fully saturated rings. The number of furan rings is 1. The van der Waals surface area contributed by atoms with Gasteiger partial charge in [-0.3, -0.25) is 9.10 Å². The van der Waals surface area contributed by atoms with Gasteiger partial charge in [0, 0.05) is 6.07 Å². The van der Waals surface area contributed by atoms with Crippen LogP contribution in [0.25, 0.3) is 0 Å². The van der Waals surface area contributed by atoms with Gasteiger partial charge in [0.1, 0.15) is 18.1 Å². The molecule has 2 aromatic rings. The molecule has 1 aromatic carbocycles. The van der Waals surface area contributed by atoms with Crippen LogP contribution in [0.3, 0.4) is 0 Å². The number of sulfonamides is 1. The number of para-hydroxylation sites is 1. The number of hydrogen-bond acceptors (Lipinski definition) is 5. The fourth-order valence-electron chi connectivity index (χ4n) is 1.91. The molecule has 134 valence electrons. The van der Waals surface area contributed by atoms with Crippen molar-refractivity contribution in [2.45, 2.75) is 6.92 Å². The summed E-state index contributed by atoms with van der Waals surface area (Å²) in [5.74, 6) is 0.495. The zero-order valence-electron chi connectivity index (χ0n) is 13.4. The van der Waals surface area contributed by atoms with Crippen molar-refractivity contribution < 1.29 is 17.6 Å². The Labute approximate surface area is 158 Å². The predicted molar refractivity (Wildman–Crippen MR) is 101 cm³/mol. The monoisotopic (exact) mass is 447 g/mol. The molecule has 25 heavy (non-hydrogen) atoms. The third-order valence-corrected chi connectivity index (χ3v) is 5.30. The van der Waals surface area contributed by atoms with E-state index in [0.29, 0.717) is 11.5 Å². The molecule has 1 amide bonds. The fraction of sp³-hybridized carbons (Fsp3) is 0.200. The zero-order valence-corrected chi connectivity index (χ0v) is 16.5. The normalized spacial score (nSPS) is 11.7. The van der Waals surface area contributed by atoms with Crippen molar-refractivity contribution in [3.05, 3.63) is 51.3 Å². The first-order chi connectivity index (χ1) is 11.7. The number of benzene rings is 1. The number of rotatable bonds is 6. The molecule has 0 bridgehead atoms. The Hall–Kier alpha value is -1.84. The van der Waals surface area contributed by atoms with E-state index in [0.717, 1.165) is 15.0 Å². The minimum Gasteiger partial charge on any atom is -0.459 e. The van der Waals surface area contributed by atoms with Gasteiger partial charge in [-0.2, -0.15) is 5.10 Å². The van der Waals surface area contributed by atoms with Gasteiger partial charge in [-0.05, 0) is 35.0 Å². The van der Waals surface area contributed by atoms with E-state index in [1.807, 2.05) is 0 Å². The highest BCUT2D eigenvalue weighted by atomic mass is 79.9. The van der Waals surface area contributed by atoms with Gasteiger partial charge in [0.25, 0.3) is 5.91 Å². The van der Waals surface area contributed by atoms with Crippen molar-refractivity contribution >= 4 is 55.4 Å². The molecule has 1 N–H and O–H groups in total. The maximum Gasteiger partial charge on any atom is 0.260 e. The summed E-state index contributed by atoms with van der Waals surface area (Å²) < 4.78 is 31.0. The summed E-state index contributed by atoms with van der Waals surface area (Å²) >= 11 is 9.32. The largest absolute Gasteiger partial charge is 0.459 e. The van der Waals surface area contributed by atoms with Gasteiger partial charge in [0.2, 0.25) is 10.0 Å². The van der Waals surface area contributed by atoms with E-state index in [1.165, 1.54) is 12.3 Å². The first kappa shape index (κ1) is 19.5. The van der Waals surface area contributed by atoms with Crippen LogP contribution in [0.15, 0.2) is 44.3 Å². The van der Waals surface area contributed by atoms with Gasteiger partial charge in [-0.15, -0.1) is 0 Å². The number of halogens is 2. The Morgan fingerprint density at radius 2 is 2.12 bits per heavy atom. The van der Waals surface area contributed by atoms with Gasteiger partial charge in [0.15, 0.2) is 0 Å². The van der Waals surface area contributed by atoms with Gasteiger partial charge in [-0.1, -0.05) is 23.7 Å². The van der Waals surface area contributed by atoms with Gasteiger partial charge < -0.3 is 4.42 Å². The van der Waals surface area contributed by atoms with Crippen LogP contribution >= 0.6 is 27.5 Å². The summed E-state index contributed by atoms with van der Waals surface area (Å²) in [4.78, 5) is 12.0. The highest BCUT2D eigenvalue weighted by molar-refractivity contribution is 9.10. The molecule has 0 aliphatic carbocycles. The lowest BCUT2D eigenvalue weighted by Gasteiger charge is -2.22. The van der Waals surface area contributed by atoms with Gasteiger partial charge in [0.05, 0.1) is 27.7 Å². The molecule has 0 saturated heterocycles. The molecular weight excluding hydrogens is 434 g/mol. The second kappa shape index (κ2) is 8.03. The standard InChI is InChI=1S/C15H15BrClN3O4S/c1-10-12(16)7-11(24-10)8-18-19-15(21)9-20(25(2,22)23)14-6-4-3-5-13(14)17/h3-8H,9H2,1-2H3,(H,19,21)/b18-8+. The molecular formula is C15H15BrClN3O4S. The Kier molecular flexibility index (Phi) is 6.26. The second-order valence-corrected chi connectivity index (χ2v) is 8.24. The summed E-state index contributed by atoms with van der Waals surface area (Å²) in [6.07, 6.45) is 2.31. The van der Waals surface area contributed by atoms with E-state index < -0.39 is 22.5 Å². The average Bonchev–Trinajstić information content (AvgIpc) is 2.83. The maximum atomic E-state index is 12.0. The van der Waals surface area contributed by atoms with Crippen LogP contribution in [-0.4, -0.2) is 33.3 Å². The van der Waals surface area contributed by atoms with Crippen molar-refractivity contribution in [3.63, 3.8) is 0 Å². The Balaban J connectivity index is 2.09. The Morgan fingerprint density at radius 1 is 1.44 bits per heavy atom. The van der Waals surface area contributed by atoms with Crippen LogP contribution in [0.5, 0.6) is 0 Å². The summed E-state index contributed by atoms with van der Waals surface area (Å²) in [5, 5.41) is 3.98. The molecule has 0 atom stereocenters. The minimum atomic E-state index is -3.70. The van der Waals surface area contributed by atoms with E-state index in [1.54, 1.807) is 31.2 Å². The third kappa shape index (κ3) is 5.32. The average molecular weight is 449 g/mol. The molecule has 2 rings (SSSR count). The van der Waals surface area contributed by atoms with Gasteiger partial charge in [-0.25, -0.2) is 13.8 Å². The molecule has 7 nitrogen and oxygen atoms in total. The van der Waals surface area contributed by atoms with Crippen LogP contribution in [0, 0.1) is 6.92 Å². The van der Waals surface area contributed by atoms with Crippen LogP contribution < -0.4 is 9.73 Å². The minimum absolute atomic E-state index is 0.219. The van der Waals surface area contributed by atoms with Gasteiger partial charge >= 0.3 is 0 Å². The number of aryl methyl sites for hydroxylation is 1. The van der Waals surface area contributed by atoms with Crippen LogP contribution in [0.1, 0.15) is 11.5 Å². The molecule has 0 aliphatic rings. The van der Waals surface area contributed by atoms with E-state index in [2.05, 4.69) is 26.5 Å². The first-order valence-electron chi connectivity index (χ1n) is 6.98. The number of hydrogen-bond donors (Lipinski definition) is 1. The molecule has 0 radical (unpaired) electrons. The SMILES string of the molecule is Cc1oc(/C=N/NC(=O)CN(c2ccccc2Cl)S(C)(=O)=O)cc1Br. The maximum absolute atomic E-state index is 12.0. The number of nitrogens with one attached hydrogen (secondary N) is 1. The summed E-state index contributed by atoms with van der Waals surface area (Å²) in [7, 11) is -3.70. The highest BCUT2D eigenvalue weighted by Crippen LogP contribution is 2.26. The lowest BCUT2D eigenvalue weighted by Crippen LogP contribution is -2.39. The van der Waals surface area contributed by atoms with Crippen LogP contribution in [0.2, 0.25) is 5.02 Å². The molecule has 0 saturated carbocycles. The smallest absolute Gasteiger partial charge is 0.260 e. The van der Waals surface area contributed by atoms with Crippen molar-refractivity contribution in [1.29, 1.82) is 0 Å². The van der Waals surface area contributed by atoms with E-state index in [4.69, 9.17) is 16.0 Å². The quantitative estimate of drug-likeness (QED) is 0.543. The van der Waals surface area contributed by atoms with E-state index in [-0.39, 0.29) is 10.7 Å². The third-order valence-electron chi connectivity index (χ3n) is 3.07. The molecule has 0 spiro atoms. The molecule has 1 heterocycles. The van der Waals surface area contributed by atoms with E-state index in [9.17, 15) is 13.2 Å². The summed E-state index contributed by atoms with van der Waals surface area (Å²) in [5.41, 5.74) is 2.48. The number of nitrogens with zero attached hydrogens (tertiary/aromatic N) is 2. The molecule has 0 unspecified atom stereocenters. The molecule has 1 aromatic heterocycles. The van der Waals surface area contributed by atoms with Crippen molar-refractivity contribution in [1.82, 2.24) is 5.43 Å². The summed E-state index contributed by atoms with van der Waals surface area (Å²) in [6.45, 7) is 1.31. The number of anilines is 1. The van der Waals surface area contributed by atoms with Crippen molar-refractivity contribution in [2.24, 2.45) is 5.10 Å². The Morgan fingerprint density at radius 3 is 2.68 bits per heavy atom. The number of hydrazone groups is 1. The fourth-order valence-corrected chi connectivity index (χ4v) is 3.38. The molecule has 10 heteroatoms. The number of amides is 1. The topological polar surface area (TPSA) is 92.0 Å². The zero-order chi connectivity index (χ0) is 18.6.